The summed E-state index contributed by atoms with van der Waals surface area (Å²) in [7, 11) is -3.53. The first-order valence-corrected chi connectivity index (χ1v) is 12.5. The Morgan fingerprint density at radius 3 is 2.45 bits per heavy atom. The van der Waals surface area contributed by atoms with Crippen LogP contribution in [0.25, 0.3) is 0 Å². The molecule has 2 fully saturated rings. The van der Waals surface area contributed by atoms with Gasteiger partial charge in [0.05, 0.1) is 12.0 Å². The SMILES string of the molecule is Cc1ccc(S(=O)(=O)N2CCCC(C(=O)N3CCN(C(C#N)C(C)C)CC3)C2)s1. The maximum Gasteiger partial charge on any atom is 0.252 e. The Morgan fingerprint density at radius 1 is 1.21 bits per heavy atom. The molecule has 2 atom stereocenters. The van der Waals surface area contributed by atoms with E-state index in [-0.39, 0.29) is 30.3 Å². The van der Waals surface area contributed by atoms with Crippen molar-refractivity contribution in [2.45, 2.75) is 43.9 Å². The number of carbonyl (C=O) groups is 1. The Bertz CT molecular complexity index is 867. The van der Waals surface area contributed by atoms with Crippen molar-refractivity contribution in [2.24, 2.45) is 11.8 Å². The maximum atomic E-state index is 13.1. The zero-order chi connectivity index (χ0) is 21.2. The molecular weight excluding hydrogens is 408 g/mol. The number of thiophene rings is 1. The number of hydrogen-bond donors (Lipinski definition) is 0. The third kappa shape index (κ3) is 4.82. The zero-order valence-electron chi connectivity index (χ0n) is 17.4. The summed E-state index contributed by atoms with van der Waals surface area (Å²) in [4.78, 5) is 18.0. The molecule has 9 heteroatoms. The highest BCUT2D eigenvalue weighted by molar-refractivity contribution is 7.91. The van der Waals surface area contributed by atoms with E-state index < -0.39 is 10.0 Å². The molecular formula is C20H30N4O3S2. The van der Waals surface area contributed by atoms with E-state index in [1.807, 2.05) is 31.7 Å². The first-order chi connectivity index (χ1) is 13.7. The molecule has 3 rings (SSSR count). The van der Waals surface area contributed by atoms with Crippen molar-refractivity contribution in [2.75, 3.05) is 39.3 Å². The second kappa shape index (κ2) is 9.13. The lowest BCUT2D eigenvalue weighted by atomic mass is 9.97. The van der Waals surface area contributed by atoms with Gasteiger partial charge in [-0.25, -0.2) is 8.42 Å². The summed E-state index contributed by atoms with van der Waals surface area (Å²) in [5.74, 6) is 0.00760. The van der Waals surface area contributed by atoms with Crippen LogP contribution in [-0.4, -0.2) is 73.7 Å². The second-order valence-corrected chi connectivity index (χ2v) is 11.7. The summed E-state index contributed by atoms with van der Waals surface area (Å²) in [5, 5.41) is 9.39. The molecule has 29 heavy (non-hydrogen) atoms. The van der Waals surface area contributed by atoms with Crippen LogP contribution in [0.1, 0.15) is 31.6 Å². The van der Waals surface area contributed by atoms with Crippen LogP contribution in [0.5, 0.6) is 0 Å². The largest absolute Gasteiger partial charge is 0.340 e. The van der Waals surface area contributed by atoms with Gasteiger partial charge in [0, 0.05) is 44.1 Å². The van der Waals surface area contributed by atoms with Crippen LogP contribution in [0, 0.1) is 30.1 Å². The number of rotatable bonds is 5. The van der Waals surface area contributed by atoms with E-state index >= 15 is 0 Å². The van der Waals surface area contributed by atoms with Crippen LogP contribution >= 0.6 is 11.3 Å². The molecule has 1 aromatic heterocycles. The number of carbonyl (C=O) groups excluding carboxylic acids is 1. The minimum Gasteiger partial charge on any atom is -0.340 e. The summed E-state index contributed by atoms with van der Waals surface area (Å²) in [5.41, 5.74) is 0. The molecule has 7 nitrogen and oxygen atoms in total. The topological polar surface area (TPSA) is 84.7 Å². The number of nitrogens with zero attached hydrogens (tertiary/aromatic N) is 4. The summed E-state index contributed by atoms with van der Waals surface area (Å²) < 4.78 is 27.7. The Balaban J connectivity index is 1.61. The minimum absolute atomic E-state index is 0.0463. The van der Waals surface area contributed by atoms with Gasteiger partial charge in [-0.3, -0.25) is 9.69 Å². The molecule has 0 aliphatic carbocycles. The van der Waals surface area contributed by atoms with Crippen LogP contribution in [0.15, 0.2) is 16.3 Å². The lowest BCUT2D eigenvalue weighted by Gasteiger charge is -2.40. The molecule has 3 heterocycles. The van der Waals surface area contributed by atoms with Crippen molar-refractivity contribution < 1.29 is 13.2 Å². The van der Waals surface area contributed by atoms with E-state index in [1.54, 1.807) is 6.07 Å². The molecule has 2 aliphatic rings. The molecule has 160 valence electrons. The minimum atomic E-state index is -3.53. The van der Waals surface area contributed by atoms with E-state index in [2.05, 4.69) is 11.0 Å². The quantitative estimate of drug-likeness (QED) is 0.703. The Morgan fingerprint density at radius 2 is 1.90 bits per heavy atom. The lowest BCUT2D eigenvalue weighted by Crippen LogP contribution is -2.55. The third-order valence-corrected chi connectivity index (χ3v) is 9.16. The van der Waals surface area contributed by atoms with Crippen LogP contribution in [-0.2, 0) is 14.8 Å². The normalized spacial score (nSPS) is 23.1. The van der Waals surface area contributed by atoms with Crippen molar-refractivity contribution in [3.8, 4) is 6.07 Å². The van der Waals surface area contributed by atoms with E-state index in [0.717, 1.165) is 11.3 Å². The molecule has 0 N–H and O–H groups in total. The highest BCUT2D eigenvalue weighted by atomic mass is 32.2. The molecule has 0 spiro atoms. The maximum absolute atomic E-state index is 13.1. The van der Waals surface area contributed by atoms with Crippen LogP contribution in [0.4, 0.5) is 0 Å². The number of piperazine rings is 1. The average molecular weight is 439 g/mol. The standard InChI is InChI=1S/C20H30N4O3S2/c1-15(2)18(13-21)22-9-11-23(12-10-22)20(25)17-5-4-8-24(14-17)29(26,27)19-7-6-16(3)28-19/h6-7,15,17-18H,4-5,8-12,14H2,1-3H3. The van der Waals surface area contributed by atoms with E-state index in [1.165, 1.54) is 15.6 Å². The van der Waals surface area contributed by atoms with Crippen LogP contribution in [0.2, 0.25) is 0 Å². The van der Waals surface area contributed by atoms with Crippen molar-refractivity contribution >= 4 is 27.3 Å². The smallest absolute Gasteiger partial charge is 0.252 e. The number of nitriles is 1. The van der Waals surface area contributed by atoms with Gasteiger partial charge in [0.15, 0.2) is 0 Å². The van der Waals surface area contributed by atoms with E-state index in [9.17, 15) is 18.5 Å². The fourth-order valence-corrected chi connectivity index (χ4v) is 7.13. The number of sulfonamides is 1. The number of hydrogen-bond acceptors (Lipinski definition) is 6. The zero-order valence-corrected chi connectivity index (χ0v) is 19.0. The van der Waals surface area contributed by atoms with E-state index in [4.69, 9.17) is 0 Å². The van der Waals surface area contributed by atoms with Gasteiger partial charge in [0.1, 0.15) is 10.3 Å². The Hall–Kier alpha value is -1.47. The van der Waals surface area contributed by atoms with Gasteiger partial charge in [-0.15, -0.1) is 11.3 Å². The van der Waals surface area contributed by atoms with Gasteiger partial charge in [-0.2, -0.15) is 9.57 Å². The summed E-state index contributed by atoms with van der Waals surface area (Å²) >= 11 is 1.28. The third-order valence-electron chi connectivity index (χ3n) is 5.83. The molecule has 2 saturated heterocycles. The van der Waals surface area contributed by atoms with Gasteiger partial charge in [-0.1, -0.05) is 13.8 Å². The molecule has 0 saturated carbocycles. The first kappa shape index (κ1) is 22.2. The Labute approximate surface area is 177 Å². The first-order valence-electron chi connectivity index (χ1n) is 10.2. The molecule has 0 bridgehead atoms. The monoisotopic (exact) mass is 438 g/mol. The second-order valence-electron chi connectivity index (χ2n) is 8.25. The summed E-state index contributed by atoms with van der Waals surface area (Å²) in [6.45, 7) is 9.25. The number of amides is 1. The molecule has 1 aromatic rings. The summed E-state index contributed by atoms with van der Waals surface area (Å²) in [6, 6.07) is 5.71. The van der Waals surface area contributed by atoms with Gasteiger partial charge >= 0.3 is 0 Å². The van der Waals surface area contributed by atoms with Crippen molar-refractivity contribution in [3.05, 3.63) is 17.0 Å². The van der Waals surface area contributed by atoms with Gasteiger partial charge in [0.25, 0.3) is 10.0 Å². The van der Waals surface area contributed by atoms with Crippen molar-refractivity contribution in [1.82, 2.24) is 14.1 Å². The molecule has 2 unspecified atom stereocenters. The van der Waals surface area contributed by atoms with Crippen molar-refractivity contribution in [3.63, 3.8) is 0 Å². The highest BCUT2D eigenvalue weighted by Crippen LogP contribution is 2.29. The summed E-state index contributed by atoms with van der Waals surface area (Å²) in [6.07, 6.45) is 1.42. The lowest BCUT2D eigenvalue weighted by molar-refractivity contribution is -0.138. The molecule has 2 aliphatic heterocycles. The van der Waals surface area contributed by atoms with E-state index in [0.29, 0.717) is 43.4 Å². The van der Waals surface area contributed by atoms with Crippen LogP contribution < -0.4 is 0 Å². The number of piperidine rings is 1. The van der Waals surface area contributed by atoms with Gasteiger partial charge in [0.2, 0.25) is 5.91 Å². The highest BCUT2D eigenvalue weighted by Gasteiger charge is 2.37. The molecule has 1 amide bonds. The predicted molar refractivity (Wildman–Crippen MR) is 113 cm³/mol. The van der Waals surface area contributed by atoms with Gasteiger partial charge < -0.3 is 4.90 Å². The number of aryl methyl sites for hydroxylation is 1. The fraction of sp³-hybridized carbons (Fsp3) is 0.700. The predicted octanol–water partition coefficient (Wildman–Crippen LogP) is 2.15. The van der Waals surface area contributed by atoms with Gasteiger partial charge in [-0.05, 0) is 37.8 Å². The molecule has 0 aromatic carbocycles. The van der Waals surface area contributed by atoms with Crippen molar-refractivity contribution in [1.29, 1.82) is 5.26 Å². The Kier molecular flexibility index (Phi) is 6.99. The fourth-order valence-electron chi connectivity index (χ4n) is 4.17. The molecule has 0 radical (unpaired) electrons. The van der Waals surface area contributed by atoms with Crippen LogP contribution in [0.3, 0.4) is 0 Å². The average Bonchev–Trinajstić information content (AvgIpc) is 3.15.